The minimum Gasteiger partial charge on any atom is -0.383 e. The Kier molecular flexibility index (Phi) is 6.43. The summed E-state index contributed by atoms with van der Waals surface area (Å²) in [6.07, 6.45) is 0. The molecule has 28 heavy (non-hydrogen) atoms. The highest BCUT2D eigenvalue weighted by Crippen LogP contribution is 2.24. The Balaban J connectivity index is 1.70. The van der Waals surface area contributed by atoms with Crippen LogP contribution in [0.25, 0.3) is 0 Å². The van der Waals surface area contributed by atoms with Crippen molar-refractivity contribution in [2.24, 2.45) is 0 Å². The predicted octanol–water partition coefficient (Wildman–Crippen LogP) is 1.20. The lowest BCUT2D eigenvalue weighted by Gasteiger charge is -2.35. The van der Waals surface area contributed by atoms with Crippen molar-refractivity contribution in [2.75, 3.05) is 57.2 Å². The van der Waals surface area contributed by atoms with Crippen LogP contribution in [0, 0.1) is 6.92 Å². The predicted molar refractivity (Wildman–Crippen MR) is 109 cm³/mol. The van der Waals surface area contributed by atoms with Gasteiger partial charge in [-0.15, -0.1) is 0 Å². The van der Waals surface area contributed by atoms with Gasteiger partial charge in [-0.3, -0.25) is 9.59 Å². The Hall–Kier alpha value is -2.71. The Morgan fingerprint density at radius 1 is 1.18 bits per heavy atom. The van der Waals surface area contributed by atoms with Crippen LogP contribution in [0.3, 0.4) is 0 Å². The maximum Gasteiger partial charge on any atom is 0.276 e. The monoisotopic (exact) mass is 385 g/mol. The van der Waals surface area contributed by atoms with E-state index in [1.807, 2.05) is 25.1 Å². The molecule has 1 saturated heterocycles. The molecule has 1 aliphatic heterocycles. The smallest absolute Gasteiger partial charge is 0.276 e. The van der Waals surface area contributed by atoms with E-state index in [0.29, 0.717) is 18.8 Å². The molecule has 2 aromatic rings. The Morgan fingerprint density at radius 2 is 1.93 bits per heavy atom. The van der Waals surface area contributed by atoms with Crippen LogP contribution < -0.4 is 15.8 Å². The fourth-order valence-corrected chi connectivity index (χ4v) is 3.24. The summed E-state index contributed by atoms with van der Waals surface area (Å²) >= 11 is 0. The fraction of sp³-hybridized carbons (Fsp3) is 0.450. The van der Waals surface area contributed by atoms with Gasteiger partial charge in [-0.05, 0) is 43.8 Å². The molecule has 3 rings (SSSR count). The standard InChI is InChI=1S/C20H27N5O3/c1-15-14-16(4-6-18(15)24-10-8-23(2)9-11-24)21-20(27)17-5-7-19(26)25(22-17)12-13-28-3/h4-7,14H,8-13H2,1-3H3,(H,21,27). The second-order valence-electron chi connectivity index (χ2n) is 7.02. The van der Waals surface area contributed by atoms with Crippen molar-refractivity contribution in [1.29, 1.82) is 0 Å². The van der Waals surface area contributed by atoms with Crippen molar-refractivity contribution in [3.63, 3.8) is 0 Å². The lowest BCUT2D eigenvalue weighted by molar-refractivity contribution is 0.101. The van der Waals surface area contributed by atoms with Gasteiger partial charge in [0.1, 0.15) is 5.69 Å². The first kappa shape index (κ1) is 20.0. The molecule has 150 valence electrons. The topological polar surface area (TPSA) is 79.7 Å². The number of nitrogens with zero attached hydrogens (tertiary/aromatic N) is 4. The number of methoxy groups -OCH3 is 1. The first-order valence-electron chi connectivity index (χ1n) is 9.40. The van der Waals surface area contributed by atoms with Crippen molar-refractivity contribution >= 4 is 17.3 Å². The highest BCUT2D eigenvalue weighted by Gasteiger charge is 2.17. The molecule has 1 fully saturated rings. The molecule has 1 aromatic carbocycles. The Bertz CT molecular complexity index is 888. The van der Waals surface area contributed by atoms with Gasteiger partial charge in [-0.25, -0.2) is 4.68 Å². The maximum atomic E-state index is 12.5. The highest BCUT2D eigenvalue weighted by molar-refractivity contribution is 6.02. The normalized spacial score (nSPS) is 14.9. The molecule has 1 aromatic heterocycles. The number of aromatic nitrogens is 2. The van der Waals surface area contributed by atoms with Crippen molar-refractivity contribution in [1.82, 2.24) is 14.7 Å². The zero-order chi connectivity index (χ0) is 20.1. The van der Waals surface area contributed by atoms with Crippen LogP contribution in [0.5, 0.6) is 0 Å². The van der Waals surface area contributed by atoms with Crippen molar-refractivity contribution in [3.8, 4) is 0 Å². The van der Waals surface area contributed by atoms with E-state index in [0.717, 1.165) is 31.7 Å². The number of piperazine rings is 1. The van der Waals surface area contributed by atoms with E-state index in [1.165, 1.54) is 22.5 Å². The first-order chi connectivity index (χ1) is 13.5. The fourth-order valence-electron chi connectivity index (χ4n) is 3.24. The maximum absolute atomic E-state index is 12.5. The summed E-state index contributed by atoms with van der Waals surface area (Å²) in [4.78, 5) is 29.1. The number of carbonyl (C=O) groups excluding carboxylic acids is 1. The van der Waals surface area contributed by atoms with Gasteiger partial charge >= 0.3 is 0 Å². The molecule has 0 bridgehead atoms. The average Bonchev–Trinajstić information content (AvgIpc) is 2.68. The molecule has 8 nitrogen and oxygen atoms in total. The SMILES string of the molecule is COCCn1nc(C(=O)Nc2ccc(N3CCN(C)CC3)c(C)c2)ccc1=O. The third-order valence-electron chi connectivity index (χ3n) is 4.91. The number of anilines is 2. The second kappa shape index (κ2) is 8.99. The number of ether oxygens (including phenoxy) is 1. The molecule has 0 aliphatic carbocycles. The molecule has 1 amide bonds. The van der Waals surface area contributed by atoms with E-state index in [1.54, 1.807) is 7.11 Å². The third kappa shape index (κ3) is 4.76. The number of hydrogen-bond donors (Lipinski definition) is 1. The largest absolute Gasteiger partial charge is 0.383 e. The van der Waals surface area contributed by atoms with E-state index in [4.69, 9.17) is 4.74 Å². The minimum absolute atomic E-state index is 0.191. The Labute approximate surface area is 164 Å². The van der Waals surface area contributed by atoms with Crippen LogP contribution in [-0.4, -0.2) is 67.5 Å². The quantitative estimate of drug-likeness (QED) is 0.805. The van der Waals surface area contributed by atoms with Gasteiger partial charge in [0.25, 0.3) is 11.5 Å². The van der Waals surface area contributed by atoms with Crippen molar-refractivity contribution in [2.45, 2.75) is 13.5 Å². The number of benzene rings is 1. The van der Waals surface area contributed by atoms with Gasteiger partial charge in [0, 0.05) is 50.7 Å². The number of carbonyl (C=O) groups is 1. The number of nitrogens with one attached hydrogen (secondary N) is 1. The number of rotatable bonds is 6. The van der Waals surface area contributed by atoms with Crippen molar-refractivity contribution < 1.29 is 9.53 Å². The van der Waals surface area contributed by atoms with Crippen LogP contribution in [0.4, 0.5) is 11.4 Å². The van der Waals surface area contributed by atoms with E-state index >= 15 is 0 Å². The summed E-state index contributed by atoms with van der Waals surface area (Å²) in [5.74, 6) is -0.349. The van der Waals surface area contributed by atoms with Gasteiger partial charge in [0.15, 0.2) is 0 Å². The summed E-state index contributed by atoms with van der Waals surface area (Å²) in [6, 6.07) is 8.70. The number of hydrogen-bond acceptors (Lipinski definition) is 6. The summed E-state index contributed by atoms with van der Waals surface area (Å²) in [7, 11) is 3.69. The first-order valence-corrected chi connectivity index (χ1v) is 9.40. The average molecular weight is 385 g/mol. The van der Waals surface area contributed by atoms with Gasteiger partial charge in [-0.1, -0.05) is 0 Å². The van der Waals surface area contributed by atoms with Gasteiger partial charge in [0.05, 0.1) is 13.2 Å². The second-order valence-corrected chi connectivity index (χ2v) is 7.02. The number of amides is 1. The summed E-state index contributed by atoms with van der Waals surface area (Å²) in [6.45, 7) is 6.78. The van der Waals surface area contributed by atoms with E-state index in [9.17, 15) is 9.59 Å². The van der Waals surface area contributed by atoms with Gasteiger partial charge < -0.3 is 19.9 Å². The zero-order valence-corrected chi connectivity index (χ0v) is 16.6. The number of aryl methyl sites for hydroxylation is 1. The molecule has 0 spiro atoms. The molecule has 8 heteroatoms. The van der Waals surface area contributed by atoms with Gasteiger partial charge in [0.2, 0.25) is 0 Å². The molecule has 0 saturated carbocycles. The molecule has 0 unspecified atom stereocenters. The third-order valence-corrected chi connectivity index (χ3v) is 4.91. The summed E-state index contributed by atoms with van der Waals surface area (Å²) in [5, 5.41) is 6.99. The van der Waals surface area contributed by atoms with Crippen LogP contribution in [0.1, 0.15) is 16.1 Å². The zero-order valence-electron chi connectivity index (χ0n) is 16.6. The molecule has 1 N–H and O–H groups in total. The molecule has 0 atom stereocenters. The summed E-state index contributed by atoms with van der Waals surface area (Å²) in [5.41, 5.74) is 2.94. The highest BCUT2D eigenvalue weighted by atomic mass is 16.5. The van der Waals surface area contributed by atoms with Gasteiger partial charge in [-0.2, -0.15) is 5.10 Å². The number of likely N-dealkylation sites (N-methyl/N-ethyl adjacent to an activating group) is 1. The van der Waals surface area contributed by atoms with E-state index in [2.05, 4.69) is 27.3 Å². The van der Waals surface area contributed by atoms with Crippen LogP contribution in [-0.2, 0) is 11.3 Å². The minimum atomic E-state index is -0.349. The van der Waals surface area contributed by atoms with Crippen LogP contribution >= 0.6 is 0 Å². The summed E-state index contributed by atoms with van der Waals surface area (Å²) < 4.78 is 6.21. The van der Waals surface area contributed by atoms with Crippen LogP contribution in [0.15, 0.2) is 35.1 Å². The van der Waals surface area contributed by atoms with E-state index < -0.39 is 0 Å². The lowest BCUT2D eigenvalue weighted by Crippen LogP contribution is -2.44. The van der Waals surface area contributed by atoms with Crippen LogP contribution in [0.2, 0.25) is 0 Å². The molecule has 0 radical (unpaired) electrons. The molecule has 2 heterocycles. The molecular formula is C20H27N5O3. The molecular weight excluding hydrogens is 358 g/mol. The van der Waals surface area contributed by atoms with E-state index in [-0.39, 0.29) is 17.2 Å². The Morgan fingerprint density at radius 3 is 2.61 bits per heavy atom. The lowest BCUT2D eigenvalue weighted by atomic mass is 10.1. The molecule has 1 aliphatic rings. The van der Waals surface area contributed by atoms with Crippen molar-refractivity contribution in [3.05, 3.63) is 51.9 Å².